The van der Waals surface area contributed by atoms with Gasteiger partial charge in [-0.2, -0.15) is 0 Å². The second kappa shape index (κ2) is 7.57. The molecule has 0 aromatic carbocycles. The van der Waals surface area contributed by atoms with Gasteiger partial charge in [0, 0.05) is 56.4 Å². The number of nitrogens with one attached hydrogen (secondary N) is 1. The van der Waals surface area contributed by atoms with Gasteiger partial charge in [-0.25, -0.2) is 19.7 Å². The molecule has 1 saturated heterocycles. The number of carbonyl (C=O) groups is 1. The summed E-state index contributed by atoms with van der Waals surface area (Å²) in [7, 11) is 0. The summed E-state index contributed by atoms with van der Waals surface area (Å²) in [6.45, 7) is 7.52. The molecule has 0 unspecified atom stereocenters. The predicted molar refractivity (Wildman–Crippen MR) is 94.5 cm³/mol. The van der Waals surface area contributed by atoms with Crippen LogP contribution in [0.3, 0.4) is 0 Å². The zero-order valence-electron chi connectivity index (χ0n) is 14.0. The van der Waals surface area contributed by atoms with Crippen molar-refractivity contribution >= 4 is 23.2 Å². The Hall–Kier alpha value is -2.22. The number of piperazine rings is 1. The number of hydrogen-bond donors (Lipinski definition) is 1. The molecule has 0 spiro atoms. The molecule has 2 aromatic heterocycles. The summed E-state index contributed by atoms with van der Waals surface area (Å²) in [5.41, 5.74) is 0. The minimum absolute atomic E-state index is 0.00166. The van der Waals surface area contributed by atoms with Gasteiger partial charge in [-0.05, 0) is 19.9 Å². The van der Waals surface area contributed by atoms with Gasteiger partial charge < -0.3 is 15.1 Å². The van der Waals surface area contributed by atoms with Crippen molar-refractivity contribution in [2.24, 2.45) is 0 Å². The van der Waals surface area contributed by atoms with Crippen molar-refractivity contribution in [3.8, 4) is 0 Å². The first-order valence-electron chi connectivity index (χ1n) is 8.10. The van der Waals surface area contributed by atoms with Gasteiger partial charge in [0.2, 0.25) is 0 Å². The Morgan fingerprint density at radius 3 is 2.71 bits per heavy atom. The van der Waals surface area contributed by atoms with Crippen LogP contribution in [-0.2, 0) is 6.42 Å². The summed E-state index contributed by atoms with van der Waals surface area (Å²) in [5, 5.41) is 4.05. The summed E-state index contributed by atoms with van der Waals surface area (Å²) in [5.74, 6) is 1.70. The molecule has 2 aromatic rings. The average Bonchev–Trinajstić information content (AvgIpc) is 3.00. The van der Waals surface area contributed by atoms with Gasteiger partial charge in [0.1, 0.15) is 11.6 Å². The number of hydrogen-bond acceptors (Lipinski definition) is 6. The van der Waals surface area contributed by atoms with Crippen molar-refractivity contribution in [2.75, 3.05) is 37.6 Å². The third-order valence-electron chi connectivity index (χ3n) is 3.94. The van der Waals surface area contributed by atoms with Gasteiger partial charge in [-0.15, -0.1) is 11.3 Å². The molecule has 2 amide bonds. The lowest BCUT2D eigenvalue weighted by Crippen LogP contribution is -2.52. The molecule has 128 valence electrons. The smallest absolute Gasteiger partial charge is 0.317 e. The molecule has 0 atom stereocenters. The molecular formula is C16H22N6OS. The molecule has 0 radical (unpaired) electrons. The van der Waals surface area contributed by atoms with Gasteiger partial charge in [0.05, 0.1) is 5.01 Å². The van der Waals surface area contributed by atoms with Crippen LogP contribution in [0.2, 0.25) is 0 Å². The highest BCUT2D eigenvalue weighted by Gasteiger charge is 2.21. The van der Waals surface area contributed by atoms with E-state index in [9.17, 15) is 4.79 Å². The standard InChI is InChI=1S/C16H22N6OS/c1-12-11-19-15(24-12)4-6-18-16(23)22-9-7-21(8-10-22)14-3-5-17-13(2)20-14/h3,5,11H,4,6-10H2,1-2H3,(H,18,23). The molecule has 0 saturated carbocycles. The fourth-order valence-corrected chi connectivity index (χ4v) is 3.45. The summed E-state index contributed by atoms with van der Waals surface area (Å²) < 4.78 is 0. The van der Waals surface area contributed by atoms with E-state index in [1.54, 1.807) is 17.5 Å². The summed E-state index contributed by atoms with van der Waals surface area (Å²) in [6.07, 6.45) is 4.43. The molecule has 1 N–H and O–H groups in total. The number of rotatable bonds is 4. The Bertz CT molecular complexity index is 695. The number of aromatic nitrogens is 3. The molecule has 0 aliphatic carbocycles. The van der Waals surface area contributed by atoms with E-state index >= 15 is 0 Å². The topological polar surface area (TPSA) is 74.2 Å². The molecule has 1 aliphatic heterocycles. The molecule has 1 fully saturated rings. The Morgan fingerprint density at radius 1 is 1.25 bits per heavy atom. The first-order valence-corrected chi connectivity index (χ1v) is 8.92. The van der Waals surface area contributed by atoms with Gasteiger partial charge in [0.25, 0.3) is 0 Å². The highest BCUT2D eigenvalue weighted by atomic mass is 32.1. The Labute approximate surface area is 145 Å². The Balaban J connectivity index is 1.43. The van der Waals surface area contributed by atoms with E-state index in [4.69, 9.17) is 0 Å². The van der Waals surface area contributed by atoms with Crippen molar-refractivity contribution in [1.82, 2.24) is 25.2 Å². The number of thiazole rings is 1. The second-order valence-corrected chi connectivity index (χ2v) is 7.10. The summed E-state index contributed by atoms with van der Waals surface area (Å²) in [6, 6.07) is 1.92. The SMILES string of the molecule is Cc1nccc(N2CCN(C(=O)NCCc3ncc(C)s3)CC2)n1. The number of aryl methyl sites for hydroxylation is 2. The zero-order chi connectivity index (χ0) is 16.9. The number of nitrogens with zero attached hydrogens (tertiary/aromatic N) is 5. The third-order valence-corrected chi connectivity index (χ3v) is 4.91. The van der Waals surface area contributed by atoms with E-state index in [0.29, 0.717) is 19.6 Å². The van der Waals surface area contributed by atoms with Gasteiger partial charge in [0.15, 0.2) is 0 Å². The van der Waals surface area contributed by atoms with E-state index in [-0.39, 0.29) is 6.03 Å². The molecule has 1 aliphatic rings. The summed E-state index contributed by atoms with van der Waals surface area (Å²) >= 11 is 1.68. The molecule has 8 heteroatoms. The maximum absolute atomic E-state index is 12.2. The monoisotopic (exact) mass is 346 g/mol. The van der Waals surface area contributed by atoms with Gasteiger partial charge in [-0.1, -0.05) is 0 Å². The lowest BCUT2D eigenvalue weighted by atomic mass is 10.3. The first kappa shape index (κ1) is 16.6. The van der Waals surface area contributed by atoms with E-state index in [0.717, 1.165) is 36.2 Å². The highest BCUT2D eigenvalue weighted by molar-refractivity contribution is 7.11. The van der Waals surface area contributed by atoms with Gasteiger partial charge >= 0.3 is 6.03 Å². The number of carbonyl (C=O) groups excluding carboxylic acids is 1. The molecule has 7 nitrogen and oxygen atoms in total. The number of amides is 2. The quantitative estimate of drug-likeness (QED) is 0.911. The minimum Gasteiger partial charge on any atom is -0.353 e. The van der Waals surface area contributed by atoms with E-state index < -0.39 is 0 Å². The van der Waals surface area contributed by atoms with Crippen molar-refractivity contribution < 1.29 is 4.79 Å². The van der Waals surface area contributed by atoms with Crippen molar-refractivity contribution in [2.45, 2.75) is 20.3 Å². The molecule has 3 rings (SSSR count). The maximum Gasteiger partial charge on any atom is 0.317 e. The van der Waals surface area contributed by atoms with Crippen molar-refractivity contribution in [3.05, 3.63) is 34.2 Å². The van der Waals surface area contributed by atoms with E-state index in [1.165, 1.54) is 4.88 Å². The second-order valence-electron chi connectivity index (χ2n) is 5.78. The van der Waals surface area contributed by atoms with Crippen LogP contribution in [0, 0.1) is 13.8 Å². The van der Waals surface area contributed by atoms with Gasteiger partial charge in [-0.3, -0.25) is 0 Å². The maximum atomic E-state index is 12.2. The fourth-order valence-electron chi connectivity index (χ4n) is 2.66. The molecule has 0 bridgehead atoms. The van der Waals surface area contributed by atoms with E-state index in [1.807, 2.05) is 31.0 Å². The highest BCUT2D eigenvalue weighted by Crippen LogP contribution is 2.13. The zero-order valence-corrected chi connectivity index (χ0v) is 14.8. The van der Waals surface area contributed by atoms with E-state index in [2.05, 4.69) is 25.2 Å². The van der Waals surface area contributed by atoms with Crippen LogP contribution in [0.1, 0.15) is 15.7 Å². The van der Waals surface area contributed by atoms with Crippen LogP contribution in [0.5, 0.6) is 0 Å². The summed E-state index contributed by atoms with van der Waals surface area (Å²) in [4.78, 5) is 30.4. The lowest BCUT2D eigenvalue weighted by Gasteiger charge is -2.35. The number of anilines is 1. The Kier molecular flexibility index (Phi) is 5.24. The van der Waals surface area contributed by atoms with Crippen LogP contribution in [-0.4, -0.2) is 58.6 Å². The normalized spacial score (nSPS) is 14.8. The number of urea groups is 1. The minimum atomic E-state index is 0.00166. The lowest BCUT2D eigenvalue weighted by molar-refractivity contribution is 0.194. The third kappa shape index (κ3) is 4.19. The van der Waals surface area contributed by atoms with Crippen LogP contribution in [0.25, 0.3) is 0 Å². The fraction of sp³-hybridized carbons (Fsp3) is 0.500. The van der Waals surface area contributed by atoms with Crippen molar-refractivity contribution in [1.29, 1.82) is 0 Å². The first-order chi connectivity index (χ1) is 11.6. The molecule has 3 heterocycles. The van der Waals surface area contributed by atoms with Crippen LogP contribution in [0.15, 0.2) is 18.5 Å². The largest absolute Gasteiger partial charge is 0.353 e. The Morgan fingerprint density at radius 2 is 2.04 bits per heavy atom. The van der Waals surface area contributed by atoms with Crippen molar-refractivity contribution in [3.63, 3.8) is 0 Å². The average molecular weight is 346 g/mol. The van der Waals surface area contributed by atoms with Crippen LogP contribution < -0.4 is 10.2 Å². The molecule has 24 heavy (non-hydrogen) atoms. The predicted octanol–water partition coefficient (Wildman–Crippen LogP) is 1.62. The van der Waals surface area contributed by atoms with Crippen LogP contribution >= 0.6 is 11.3 Å². The molecular weight excluding hydrogens is 324 g/mol. The van der Waals surface area contributed by atoms with Crippen LogP contribution in [0.4, 0.5) is 10.6 Å².